The monoisotopic (exact) mass is 327 g/mol. The van der Waals surface area contributed by atoms with Crippen LogP contribution in [-0.4, -0.2) is 15.9 Å². The highest BCUT2D eigenvalue weighted by Crippen LogP contribution is 2.22. The molecule has 25 heavy (non-hydrogen) atoms. The van der Waals surface area contributed by atoms with Crippen molar-refractivity contribution in [1.29, 1.82) is 0 Å². The van der Waals surface area contributed by atoms with Crippen molar-refractivity contribution in [2.24, 2.45) is 0 Å². The van der Waals surface area contributed by atoms with E-state index in [0.717, 1.165) is 33.7 Å². The zero-order valence-electron chi connectivity index (χ0n) is 13.8. The van der Waals surface area contributed by atoms with Crippen molar-refractivity contribution in [3.63, 3.8) is 0 Å². The largest absolute Gasteiger partial charge is 0.338 e. The summed E-state index contributed by atoms with van der Waals surface area (Å²) in [5, 5.41) is 2.92. The fraction of sp³-hybridized carbons (Fsp3) is 0.0476. The fourth-order valence-electron chi connectivity index (χ4n) is 2.79. The molecule has 3 aromatic carbocycles. The van der Waals surface area contributed by atoms with Gasteiger partial charge in [-0.2, -0.15) is 0 Å². The second kappa shape index (κ2) is 6.24. The minimum atomic E-state index is -0.111. The molecule has 0 aliphatic carbocycles. The maximum Gasteiger partial charge on any atom is 0.255 e. The molecule has 0 bridgehead atoms. The number of carbonyl (C=O) groups excluding carboxylic acids is 1. The molecule has 4 nitrogen and oxygen atoms in total. The van der Waals surface area contributed by atoms with Gasteiger partial charge in [-0.25, -0.2) is 4.98 Å². The number of imidazole rings is 1. The molecule has 4 rings (SSSR count). The van der Waals surface area contributed by atoms with E-state index in [9.17, 15) is 4.79 Å². The van der Waals surface area contributed by atoms with Gasteiger partial charge in [0.25, 0.3) is 5.91 Å². The lowest BCUT2D eigenvalue weighted by molar-refractivity contribution is 0.102. The molecular weight excluding hydrogens is 310 g/mol. The average Bonchev–Trinajstić information content (AvgIpc) is 3.06. The van der Waals surface area contributed by atoms with Crippen LogP contribution in [0.4, 0.5) is 5.69 Å². The summed E-state index contributed by atoms with van der Waals surface area (Å²) in [6.07, 6.45) is 0. The zero-order chi connectivity index (χ0) is 17.2. The Balaban J connectivity index is 1.54. The number of aromatic nitrogens is 2. The van der Waals surface area contributed by atoms with Crippen LogP contribution in [0, 0.1) is 6.92 Å². The van der Waals surface area contributed by atoms with Gasteiger partial charge in [0.15, 0.2) is 0 Å². The summed E-state index contributed by atoms with van der Waals surface area (Å²) < 4.78 is 0. The van der Waals surface area contributed by atoms with Crippen LogP contribution in [0.5, 0.6) is 0 Å². The van der Waals surface area contributed by atoms with E-state index in [1.807, 2.05) is 79.7 Å². The Labute approximate surface area is 145 Å². The molecule has 0 spiro atoms. The minimum absolute atomic E-state index is 0.111. The van der Waals surface area contributed by atoms with Crippen LogP contribution in [0.1, 0.15) is 15.9 Å². The molecule has 0 fully saturated rings. The number of aryl methyl sites for hydroxylation is 1. The number of amides is 1. The summed E-state index contributed by atoms with van der Waals surface area (Å²) in [6, 6.07) is 23.1. The Morgan fingerprint density at radius 3 is 2.52 bits per heavy atom. The van der Waals surface area contributed by atoms with Gasteiger partial charge in [0.05, 0.1) is 11.0 Å². The smallest absolute Gasteiger partial charge is 0.255 e. The third-order valence-electron chi connectivity index (χ3n) is 4.09. The molecule has 0 saturated carbocycles. The molecule has 0 saturated heterocycles. The molecule has 0 aliphatic heterocycles. The number of fused-ring (bicyclic) bond motifs is 1. The summed E-state index contributed by atoms with van der Waals surface area (Å²) in [7, 11) is 0. The van der Waals surface area contributed by atoms with Gasteiger partial charge in [-0.1, -0.05) is 29.8 Å². The third-order valence-corrected chi connectivity index (χ3v) is 4.09. The molecule has 0 atom stereocenters. The average molecular weight is 327 g/mol. The van der Waals surface area contributed by atoms with Crippen LogP contribution in [0.25, 0.3) is 22.4 Å². The maximum absolute atomic E-state index is 12.3. The highest BCUT2D eigenvalue weighted by molar-refractivity contribution is 6.04. The first-order valence-electron chi connectivity index (χ1n) is 8.12. The van der Waals surface area contributed by atoms with E-state index < -0.39 is 0 Å². The predicted molar refractivity (Wildman–Crippen MR) is 101 cm³/mol. The Kier molecular flexibility index (Phi) is 3.78. The van der Waals surface area contributed by atoms with Gasteiger partial charge in [0.1, 0.15) is 5.82 Å². The number of nitrogens with one attached hydrogen (secondary N) is 2. The minimum Gasteiger partial charge on any atom is -0.338 e. The van der Waals surface area contributed by atoms with E-state index in [1.165, 1.54) is 0 Å². The highest BCUT2D eigenvalue weighted by atomic mass is 16.1. The van der Waals surface area contributed by atoms with E-state index in [1.54, 1.807) is 0 Å². The van der Waals surface area contributed by atoms with Crippen LogP contribution in [0.3, 0.4) is 0 Å². The standard InChI is InChI=1S/C21H17N3O/c1-14-5-4-6-16(13-14)21(25)22-17-11-9-15(10-12-17)20-23-18-7-2-3-8-19(18)24-20/h2-13H,1H3,(H,22,25)(H,23,24). The number of hydrogen-bond acceptors (Lipinski definition) is 2. The van der Waals surface area contributed by atoms with Crippen molar-refractivity contribution < 1.29 is 4.79 Å². The van der Waals surface area contributed by atoms with Gasteiger partial charge in [0.2, 0.25) is 0 Å². The first-order chi connectivity index (χ1) is 12.2. The molecule has 2 N–H and O–H groups in total. The van der Waals surface area contributed by atoms with Gasteiger partial charge < -0.3 is 10.3 Å². The SMILES string of the molecule is Cc1cccc(C(=O)Nc2ccc(-c3nc4ccccc4[nH]3)cc2)c1. The van der Waals surface area contributed by atoms with Crippen LogP contribution in [0.15, 0.2) is 72.8 Å². The van der Waals surface area contributed by atoms with E-state index in [0.29, 0.717) is 5.56 Å². The summed E-state index contributed by atoms with van der Waals surface area (Å²) >= 11 is 0. The normalized spacial score (nSPS) is 10.8. The van der Waals surface area contributed by atoms with E-state index >= 15 is 0 Å². The zero-order valence-corrected chi connectivity index (χ0v) is 13.8. The first kappa shape index (κ1) is 15.1. The van der Waals surface area contributed by atoms with Crippen molar-refractivity contribution in [1.82, 2.24) is 9.97 Å². The molecule has 4 aromatic rings. The van der Waals surface area contributed by atoms with Crippen molar-refractivity contribution in [3.8, 4) is 11.4 Å². The van der Waals surface area contributed by atoms with Gasteiger partial charge in [-0.05, 0) is 55.5 Å². The quantitative estimate of drug-likeness (QED) is 0.568. The van der Waals surface area contributed by atoms with Crippen LogP contribution >= 0.6 is 0 Å². The molecule has 0 radical (unpaired) electrons. The molecule has 122 valence electrons. The molecule has 0 unspecified atom stereocenters. The van der Waals surface area contributed by atoms with E-state index in [4.69, 9.17) is 0 Å². The summed E-state index contributed by atoms with van der Waals surface area (Å²) in [6.45, 7) is 1.97. The number of benzene rings is 3. The number of para-hydroxylation sites is 2. The van der Waals surface area contributed by atoms with Crippen molar-refractivity contribution in [2.75, 3.05) is 5.32 Å². The second-order valence-corrected chi connectivity index (χ2v) is 6.00. The first-order valence-corrected chi connectivity index (χ1v) is 8.12. The van der Waals surface area contributed by atoms with E-state index in [-0.39, 0.29) is 5.91 Å². The molecule has 0 aliphatic rings. The molecule has 1 heterocycles. The van der Waals surface area contributed by atoms with Crippen molar-refractivity contribution in [3.05, 3.63) is 83.9 Å². The highest BCUT2D eigenvalue weighted by Gasteiger charge is 2.08. The molecule has 1 amide bonds. The lowest BCUT2D eigenvalue weighted by atomic mass is 10.1. The fourth-order valence-corrected chi connectivity index (χ4v) is 2.79. The van der Waals surface area contributed by atoms with Gasteiger partial charge in [-0.15, -0.1) is 0 Å². The maximum atomic E-state index is 12.3. The van der Waals surface area contributed by atoms with Gasteiger partial charge in [-0.3, -0.25) is 4.79 Å². The Morgan fingerprint density at radius 2 is 1.76 bits per heavy atom. The third kappa shape index (κ3) is 3.15. The Morgan fingerprint density at radius 1 is 0.960 bits per heavy atom. The van der Waals surface area contributed by atoms with Crippen molar-refractivity contribution in [2.45, 2.75) is 6.92 Å². The van der Waals surface area contributed by atoms with Gasteiger partial charge >= 0.3 is 0 Å². The number of hydrogen-bond donors (Lipinski definition) is 2. The lowest BCUT2D eigenvalue weighted by Crippen LogP contribution is -2.11. The molecule has 4 heteroatoms. The van der Waals surface area contributed by atoms with Crippen LogP contribution in [0.2, 0.25) is 0 Å². The molecular formula is C21H17N3O. The predicted octanol–water partition coefficient (Wildman–Crippen LogP) is 4.79. The van der Waals surface area contributed by atoms with Gasteiger partial charge in [0, 0.05) is 16.8 Å². The number of aromatic amines is 1. The van der Waals surface area contributed by atoms with Crippen molar-refractivity contribution >= 4 is 22.6 Å². The summed E-state index contributed by atoms with van der Waals surface area (Å²) in [5.74, 6) is 0.706. The number of nitrogens with zero attached hydrogens (tertiary/aromatic N) is 1. The number of H-pyrrole nitrogens is 1. The van der Waals surface area contributed by atoms with Crippen LogP contribution < -0.4 is 5.32 Å². The topological polar surface area (TPSA) is 57.8 Å². The Hall–Kier alpha value is -3.40. The van der Waals surface area contributed by atoms with E-state index in [2.05, 4.69) is 15.3 Å². The summed E-state index contributed by atoms with van der Waals surface area (Å²) in [5.41, 5.74) is 5.40. The Bertz CT molecular complexity index is 1020. The molecule has 1 aromatic heterocycles. The lowest BCUT2D eigenvalue weighted by Gasteiger charge is -2.06. The number of rotatable bonds is 3. The van der Waals surface area contributed by atoms with Crippen LogP contribution in [-0.2, 0) is 0 Å². The summed E-state index contributed by atoms with van der Waals surface area (Å²) in [4.78, 5) is 20.2. The second-order valence-electron chi connectivity index (χ2n) is 6.00. The number of carbonyl (C=O) groups is 1. The number of anilines is 1.